The molecule has 2 rings (SSSR count). The normalized spacial score (nSPS) is 10.3. The van der Waals surface area contributed by atoms with E-state index in [-0.39, 0.29) is 5.56 Å². The van der Waals surface area contributed by atoms with Crippen LogP contribution in [0.3, 0.4) is 0 Å². The van der Waals surface area contributed by atoms with E-state index >= 15 is 0 Å². The van der Waals surface area contributed by atoms with Crippen LogP contribution in [-0.4, -0.2) is 16.5 Å². The van der Waals surface area contributed by atoms with E-state index in [1.807, 2.05) is 24.3 Å². The third-order valence-corrected chi connectivity index (χ3v) is 2.36. The van der Waals surface area contributed by atoms with Gasteiger partial charge in [-0.1, -0.05) is 24.3 Å². The highest BCUT2D eigenvalue weighted by molar-refractivity contribution is 5.58. The number of rotatable bonds is 3. The van der Waals surface area contributed by atoms with Crippen LogP contribution in [0.15, 0.2) is 41.5 Å². The molecule has 82 valence electrons. The summed E-state index contributed by atoms with van der Waals surface area (Å²) in [6, 6.07) is 9.40. The Hall–Kier alpha value is -1.94. The SMILES string of the molecule is NCCc1ccc(-c2cc(=O)[nH]cn2)cc1. The lowest BCUT2D eigenvalue weighted by atomic mass is 10.1. The van der Waals surface area contributed by atoms with E-state index in [0.29, 0.717) is 12.2 Å². The number of H-pyrrole nitrogens is 1. The number of hydrogen-bond donors (Lipinski definition) is 2. The summed E-state index contributed by atoms with van der Waals surface area (Å²) in [7, 11) is 0. The summed E-state index contributed by atoms with van der Waals surface area (Å²) >= 11 is 0. The molecule has 2 aromatic rings. The Kier molecular flexibility index (Phi) is 3.12. The topological polar surface area (TPSA) is 71.8 Å². The summed E-state index contributed by atoms with van der Waals surface area (Å²) in [6.07, 6.45) is 2.27. The Morgan fingerprint density at radius 3 is 2.62 bits per heavy atom. The first kappa shape index (κ1) is 10.6. The molecule has 0 spiro atoms. The molecule has 4 heteroatoms. The molecular formula is C12H13N3O. The average Bonchev–Trinajstić information content (AvgIpc) is 2.30. The van der Waals surface area contributed by atoms with Crippen LogP contribution in [0.2, 0.25) is 0 Å². The number of nitrogens with one attached hydrogen (secondary N) is 1. The van der Waals surface area contributed by atoms with Gasteiger partial charge in [-0.2, -0.15) is 0 Å². The molecule has 0 aliphatic rings. The molecule has 16 heavy (non-hydrogen) atoms. The van der Waals surface area contributed by atoms with Gasteiger partial charge in [0, 0.05) is 11.6 Å². The van der Waals surface area contributed by atoms with Crippen molar-refractivity contribution < 1.29 is 0 Å². The van der Waals surface area contributed by atoms with Crippen LogP contribution in [0.1, 0.15) is 5.56 Å². The fourth-order valence-electron chi connectivity index (χ4n) is 1.54. The number of nitrogens with two attached hydrogens (primary N) is 1. The Balaban J connectivity index is 2.31. The zero-order chi connectivity index (χ0) is 11.4. The molecule has 0 aliphatic heterocycles. The molecule has 0 saturated carbocycles. The van der Waals surface area contributed by atoms with E-state index in [9.17, 15) is 4.79 Å². The monoisotopic (exact) mass is 215 g/mol. The molecule has 1 aromatic carbocycles. The molecule has 1 aromatic heterocycles. The number of aromatic nitrogens is 2. The lowest BCUT2D eigenvalue weighted by Gasteiger charge is -2.02. The second kappa shape index (κ2) is 4.72. The number of benzene rings is 1. The minimum Gasteiger partial charge on any atom is -0.330 e. The van der Waals surface area contributed by atoms with Gasteiger partial charge >= 0.3 is 0 Å². The van der Waals surface area contributed by atoms with Gasteiger partial charge in [0.15, 0.2) is 0 Å². The van der Waals surface area contributed by atoms with Crippen LogP contribution in [0.5, 0.6) is 0 Å². The number of aromatic amines is 1. The highest BCUT2D eigenvalue weighted by Gasteiger charge is 1.99. The van der Waals surface area contributed by atoms with Gasteiger partial charge in [0.2, 0.25) is 0 Å². The van der Waals surface area contributed by atoms with E-state index in [4.69, 9.17) is 5.73 Å². The molecular weight excluding hydrogens is 202 g/mol. The highest BCUT2D eigenvalue weighted by atomic mass is 16.1. The quantitative estimate of drug-likeness (QED) is 0.800. The Morgan fingerprint density at radius 1 is 1.25 bits per heavy atom. The Morgan fingerprint density at radius 2 is 2.00 bits per heavy atom. The smallest absolute Gasteiger partial charge is 0.251 e. The minimum atomic E-state index is -0.143. The Labute approximate surface area is 93.2 Å². The number of nitrogens with zero attached hydrogens (tertiary/aromatic N) is 1. The fourth-order valence-corrected chi connectivity index (χ4v) is 1.54. The van der Waals surface area contributed by atoms with Gasteiger partial charge in [0.1, 0.15) is 0 Å². The molecule has 0 atom stereocenters. The van der Waals surface area contributed by atoms with Gasteiger partial charge in [-0.3, -0.25) is 4.79 Å². The summed E-state index contributed by atoms with van der Waals surface area (Å²) < 4.78 is 0. The Bertz CT molecular complexity index is 516. The van der Waals surface area contributed by atoms with Crippen molar-refractivity contribution in [3.8, 4) is 11.3 Å². The van der Waals surface area contributed by atoms with Crippen LogP contribution in [-0.2, 0) is 6.42 Å². The molecule has 0 fully saturated rings. The maximum atomic E-state index is 11.1. The van der Waals surface area contributed by atoms with Crippen LogP contribution >= 0.6 is 0 Å². The predicted octanol–water partition coefficient (Wildman–Crippen LogP) is 0.938. The molecule has 0 bridgehead atoms. The first-order valence-electron chi connectivity index (χ1n) is 5.14. The van der Waals surface area contributed by atoms with Gasteiger partial charge in [0.05, 0.1) is 12.0 Å². The van der Waals surface area contributed by atoms with Gasteiger partial charge in [-0.15, -0.1) is 0 Å². The molecule has 0 radical (unpaired) electrons. The molecule has 0 amide bonds. The van der Waals surface area contributed by atoms with E-state index in [0.717, 1.165) is 12.0 Å². The van der Waals surface area contributed by atoms with Crippen LogP contribution < -0.4 is 11.3 Å². The lowest BCUT2D eigenvalue weighted by molar-refractivity contribution is 0.969. The molecule has 4 nitrogen and oxygen atoms in total. The van der Waals surface area contributed by atoms with E-state index < -0.39 is 0 Å². The predicted molar refractivity (Wildman–Crippen MR) is 63.1 cm³/mol. The van der Waals surface area contributed by atoms with Crippen LogP contribution in [0, 0.1) is 0 Å². The van der Waals surface area contributed by atoms with Crippen LogP contribution in [0.25, 0.3) is 11.3 Å². The zero-order valence-electron chi connectivity index (χ0n) is 8.81. The molecule has 0 aliphatic carbocycles. The van der Waals surface area contributed by atoms with Crippen molar-refractivity contribution in [1.82, 2.24) is 9.97 Å². The van der Waals surface area contributed by atoms with E-state index in [2.05, 4.69) is 9.97 Å². The summed E-state index contributed by atoms with van der Waals surface area (Å²) in [5, 5.41) is 0. The van der Waals surface area contributed by atoms with Gasteiger partial charge in [-0.05, 0) is 18.5 Å². The summed E-state index contributed by atoms with van der Waals surface area (Å²) in [5.74, 6) is 0. The molecule has 0 unspecified atom stereocenters. The largest absolute Gasteiger partial charge is 0.330 e. The third-order valence-electron chi connectivity index (χ3n) is 2.36. The fraction of sp³-hybridized carbons (Fsp3) is 0.167. The summed E-state index contributed by atoms with van der Waals surface area (Å²) in [6.45, 7) is 0.641. The van der Waals surface area contributed by atoms with Crippen molar-refractivity contribution in [2.45, 2.75) is 6.42 Å². The van der Waals surface area contributed by atoms with Crippen molar-refractivity contribution in [1.29, 1.82) is 0 Å². The minimum absolute atomic E-state index is 0.143. The van der Waals surface area contributed by atoms with E-state index in [1.165, 1.54) is 18.0 Å². The standard InChI is InChI=1S/C12H13N3O/c13-6-5-9-1-3-10(4-2-9)11-7-12(16)15-8-14-11/h1-4,7-8H,5-6,13H2,(H,14,15,16). The number of hydrogen-bond acceptors (Lipinski definition) is 3. The van der Waals surface area contributed by atoms with Gasteiger partial charge < -0.3 is 10.7 Å². The summed E-state index contributed by atoms with van der Waals surface area (Å²) in [5.41, 5.74) is 8.14. The summed E-state index contributed by atoms with van der Waals surface area (Å²) in [4.78, 5) is 17.7. The molecule has 3 N–H and O–H groups in total. The highest BCUT2D eigenvalue weighted by Crippen LogP contribution is 2.15. The maximum absolute atomic E-state index is 11.1. The van der Waals surface area contributed by atoms with Crippen LogP contribution in [0.4, 0.5) is 0 Å². The molecule has 0 saturated heterocycles. The van der Waals surface area contributed by atoms with Crippen molar-refractivity contribution in [2.24, 2.45) is 5.73 Å². The maximum Gasteiger partial charge on any atom is 0.251 e. The second-order valence-corrected chi connectivity index (χ2v) is 3.53. The first-order chi connectivity index (χ1) is 7.79. The third kappa shape index (κ3) is 2.35. The van der Waals surface area contributed by atoms with Gasteiger partial charge in [0.25, 0.3) is 5.56 Å². The first-order valence-corrected chi connectivity index (χ1v) is 5.14. The van der Waals surface area contributed by atoms with Crippen molar-refractivity contribution >= 4 is 0 Å². The van der Waals surface area contributed by atoms with Crippen molar-refractivity contribution in [3.63, 3.8) is 0 Å². The van der Waals surface area contributed by atoms with Gasteiger partial charge in [-0.25, -0.2) is 4.98 Å². The van der Waals surface area contributed by atoms with Crippen molar-refractivity contribution in [2.75, 3.05) is 6.54 Å². The van der Waals surface area contributed by atoms with E-state index in [1.54, 1.807) is 0 Å². The second-order valence-electron chi connectivity index (χ2n) is 3.53. The van der Waals surface area contributed by atoms with Crippen molar-refractivity contribution in [3.05, 3.63) is 52.6 Å². The zero-order valence-corrected chi connectivity index (χ0v) is 8.81. The molecule has 1 heterocycles. The average molecular weight is 215 g/mol. The lowest BCUT2D eigenvalue weighted by Crippen LogP contribution is -2.04.